The number of carbonyl (C=O) groups excluding carboxylic acids is 1. The largest absolute Gasteiger partial charge is 0.480 e. The molecule has 2 aromatic rings. The first-order valence-corrected chi connectivity index (χ1v) is 6.43. The number of furan rings is 1. The number of hydrogen-bond acceptors (Lipinski definition) is 3. The molecule has 0 aliphatic heterocycles. The monoisotopic (exact) mass is 275 g/mol. The van der Waals surface area contributed by atoms with Crippen molar-refractivity contribution >= 4 is 22.8 Å². The summed E-state index contributed by atoms with van der Waals surface area (Å²) in [5.41, 5.74) is 1.33. The van der Waals surface area contributed by atoms with Gasteiger partial charge in [0.2, 0.25) is 0 Å². The highest BCUT2D eigenvalue weighted by Gasteiger charge is 2.26. The summed E-state index contributed by atoms with van der Waals surface area (Å²) in [6, 6.07) is 6.38. The van der Waals surface area contributed by atoms with Gasteiger partial charge in [-0.2, -0.15) is 0 Å². The maximum Gasteiger partial charge on any atom is 0.326 e. The predicted octanol–water partition coefficient (Wildman–Crippen LogP) is 2.58. The summed E-state index contributed by atoms with van der Waals surface area (Å²) < 4.78 is 5.52. The Morgan fingerprint density at radius 1 is 1.25 bits per heavy atom. The third-order valence-corrected chi connectivity index (χ3v) is 3.27. The van der Waals surface area contributed by atoms with Gasteiger partial charge >= 0.3 is 5.97 Å². The lowest BCUT2D eigenvalue weighted by atomic mass is 10.0. The molecule has 1 aromatic carbocycles. The Morgan fingerprint density at radius 3 is 2.45 bits per heavy atom. The Bertz CT molecular complexity index is 657. The average Bonchev–Trinajstić information content (AvgIpc) is 2.73. The summed E-state index contributed by atoms with van der Waals surface area (Å²) in [6.07, 6.45) is 0. The van der Waals surface area contributed by atoms with Gasteiger partial charge in [0.15, 0.2) is 5.76 Å². The van der Waals surface area contributed by atoms with Gasteiger partial charge in [-0.3, -0.25) is 4.79 Å². The molecule has 0 saturated heterocycles. The molecule has 106 valence electrons. The van der Waals surface area contributed by atoms with E-state index in [0.29, 0.717) is 11.1 Å². The summed E-state index contributed by atoms with van der Waals surface area (Å²) in [7, 11) is 0. The van der Waals surface area contributed by atoms with Crippen LogP contribution in [0.2, 0.25) is 0 Å². The zero-order chi connectivity index (χ0) is 14.9. The molecule has 1 amide bonds. The lowest BCUT2D eigenvalue weighted by Gasteiger charge is -2.17. The summed E-state index contributed by atoms with van der Waals surface area (Å²) in [5, 5.41) is 12.5. The number of para-hydroxylation sites is 1. The highest BCUT2D eigenvalue weighted by molar-refractivity contribution is 6.00. The van der Waals surface area contributed by atoms with Gasteiger partial charge in [0.25, 0.3) is 5.91 Å². The second kappa shape index (κ2) is 5.36. The number of aryl methyl sites for hydroxylation is 1. The van der Waals surface area contributed by atoms with E-state index in [-0.39, 0.29) is 11.7 Å². The smallest absolute Gasteiger partial charge is 0.326 e. The van der Waals surface area contributed by atoms with Crippen molar-refractivity contribution in [2.45, 2.75) is 26.8 Å². The SMILES string of the molecule is Cc1c(C(=O)N[C@@H](C(=O)O)C(C)C)oc2ccccc12. The van der Waals surface area contributed by atoms with Crippen LogP contribution in [0.4, 0.5) is 0 Å². The molecular weight excluding hydrogens is 258 g/mol. The standard InChI is InChI=1S/C15H17NO4/c1-8(2)12(15(18)19)16-14(17)13-9(3)10-6-4-5-7-11(10)20-13/h4-8,12H,1-3H3,(H,16,17)(H,18,19)/t12-/m1/s1. The summed E-state index contributed by atoms with van der Waals surface area (Å²) in [6.45, 7) is 5.26. The molecule has 0 aliphatic rings. The molecule has 0 aliphatic carbocycles. The lowest BCUT2D eigenvalue weighted by molar-refractivity contribution is -0.140. The van der Waals surface area contributed by atoms with Crippen molar-refractivity contribution in [2.75, 3.05) is 0 Å². The fraction of sp³-hybridized carbons (Fsp3) is 0.333. The van der Waals surface area contributed by atoms with Crippen molar-refractivity contribution in [3.05, 3.63) is 35.6 Å². The van der Waals surface area contributed by atoms with Crippen LogP contribution < -0.4 is 5.32 Å². The number of benzene rings is 1. The van der Waals surface area contributed by atoms with Crippen LogP contribution in [0.25, 0.3) is 11.0 Å². The van der Waals surface area contributed by atoms with Crippen molar-refractivity contribution in [1.82, 2.24) is 5.32 Å². The quantitative estimate of drug-likeness (QED) is 0.898. The third kappa shape index (κ3) is 2.52. The number of aliphatic carboxylic acids is 1. The topological polar surface area (TPSA) is 79.5 Å². The van der Waals surface area contributed by atoms with Crippen molar-refractivity contribution in [3.8, 4) is 0 Å². The van der Waals surface area contributed by atoms with Crippen LogP contribution in [-0.2, 0) is 4.79 Å². The molecule has 2 rings (SSSR count). The van der Waals surface area contributed by atoms with Crippen LogP contribution in [0.5, 0.6) is 0 Å². The second-order valence-electron chi connectivity index (χ2n) is 5.09. The molecule has 1 aromatic heterocycles. The van der Waals surface area contributed by atoms with E-state index in [1.165, 1.54) is 0 Å². The highest BCUT2D eigenvalue weighted by Crippen LogP contribution is 2.24. The molecule has 0 radical (unpaired) electrons. The molecule has 1 atom stereocenters. The van der Waals surface area contributed by atoms with Crippen molar-refractivity contribution in [2.24, 2.45) is 5.92 Å². The molecule has 5 heteroatoms. The Labute approximate surface area is 116 Å². The minimum Gasteiger partial charge on any atom is -0.480 e. The van der Waals surface area contributed by atoms with Crippen molar-refractivity contribution in [3.63, 3.8) is 0 Å². The van der Waals surface area contributed by atoms with E-state index >= 15 is 0 Å². The average molecular weight is 275 g/mol. The van der Waals surface area contributed by atoms with Gasteiger partial charge in [-0.15, -0.1) is 0 Å². The lowest BCUT2D eigenvalue weighted by Crippen LogP contribution is -2.44. The minimum atomic E-state index is -1.05. The Balaban J connectivity index is 2.32. The first kappa shape index (κ1) is 14.1. The van der Waals surface area contributed by atoms with Crippen LogP contribution in [0.15, 0.2) is 28.7 Å². The van der Waals surface area contributed by atoms with Gasteiger partial charge in [0, 0.05) is 10.9 Å². The summed E-state index contributed by atoms with van der Waals surface area (Å²) in [4.78, 5) is 23.3. The van der Waals surface area contributed by atoms with E-state index in [1.54, 1.807) is 26.8 Å². The Hall–Kier alpha value is -2.30. The zero-order valence-corrected chi connectivity index (χ0v) is 11.6. The molecular formula is C15H17NO4. The predicted molar refractivity (Wildman–Crippen MR) is 74.7 cm³/mol. The van der Waals surface area contributed by atoms with E-state index in [4.69, 9.17) is 9.52 Å². The fourth-order valence-electron chi connectivity index (χ4n) is 2.11. The third-order valence-electron chi connectivity index (χ3n) is 3.27. The van der Waals surface area contributed by atoms with Gasteiger partial charge in [-0.05, 0) is 18.9 Å². The van der Waals surface area contributed by atoms with Gasteiger partial charge in [0.1, 0.15) is 11.6 Å². The summed E-state index contributed by atoms with van der Waals surface area (Å²) in [5.74, 6) is -1.60. The van der Waals surface area contributed by atoms with Gasteiger partial charge in [-0.1, -0.05) is 32.0 Å². The normalized spacial score (nSPS) is 12.6. The maximum atomic E-state index is 12.2. The Kier molecular flexibility index (Phi) is 3.79. The summed E-state index contributed by atoms with van der Waals surface area (Å²) >= 11 is 0. The van der Waals surface area contributed by atoms with E-state index in [1.807, 2.05) is 18.2 Å². The van der Waals surface area contributed by atoms with E-state index in [2.05, 4.69) is 5.32 Å². The van der Waals surface area contributed by atoms with Crippen LogP contribution in [0, 0.1) is 12.8 Å². The first-order valence-electron chi connectivity index (χ1n) is 6.43. The second-order valence-corrected chi connectivity index (χ2v) is 5.09. The number of fused-ring (bicyclic) bond motifs is 1. The van der Waals surface area contributed by atoms with E-state index in [9.17, 15) is 9.59 Å². The van der Waals surface area contributed by atoms with Crippen LogP contribution >= 0.6 is 0 Å². The molecule has 5 nitrogen and oxygen atoms in total. The van der Waals surface area contributed by atoms with Crippen LogP contribution in [-0.4, -0.2) is 23.0 Å². The number of amides is 1. The molecule has 0 spiro atoms. The molecule has 20 heavy (non-hydrogen) atoms. The molecule has 2 N–H and O–H groups in total. The van der Waals surface area contributed by atoms with E-state index in [0.717, 1.165) is 5.39 Å². The molecule has 1 heterocycles. The zero-order valence-electron chi connectivity index (χ0n) is 11.6. The number of rotatable bonds is 4. The maximum absolute atomic E-state index is 12.2. The van der Waals surface area contributed by atoms with Crippen LogP contribution in [0.1, 0.15) is 30.0 Å². The molecule has 0 fully saturated rings. The van der Waals surface area contributed by atoms with Crippen LogP contribution in [0.3, 0.4) is 0 Å². The van der Waals surface area contributed by atoms with Gasteiger partial charge in [-0.25, -0.2) is 4.79 Å². The number of nitrogens with one attached hydrogen (secondary N) is 1. The number of carboxylic acid groups (broad SMARTS) is 1. The molecule has 0 unspecified atom stereocenters. The van der Waals surface area contributed by atoms with Crippen molar-refractivity contribution in [1.29, 1.82) is 0 Å². The number of carboxylic acids is 1. The molecule has 0 saturated carbocycles. The highest BCUT2D eigenvalue weighted by atomic mass is 16.4. The number of hydrogen-bond donors (Lipinski definition) is 2. The van der Waals surface area contributed by atoms with Gasteiger partial charge in [0.05, 0.1) is 0 Å². The first-order chi connectivity index (χ1) is 9.41. The Morgan fingerprint density at radius 2 is 1.90 bits per heavy atom. The fourth-order valence-corrected chi connectivity index (χ4v) is 2.11. The molecule has 0 bridgehead atoms. The number of carbonyl (C=O) groups is 2. The van der Waals surface area contributed by atoms with E-state index < -0.39 is 17.9 Å². The minimum absolute atomic E-state index is 0.165. The van der Waals surface area contributed by atoms with Crippen molar-refractivity contribution < 1.29 is 19.1 Å². The van der Waals surface area contributed by atoms with Gasteiger partial charge < -0.3 is 14.8 Å².